The lowest BCUT2D eigenvalue weighted by molar-refractivity contribution is -0.113. The Morgan fingerprint density at radius 1 is 1.24 bits per heavy atom. The number of carbonyl (C=O) groups excluding carboxylic acids is 1. The molecule has 1 amide bonds. The first-order chi connectivity index (χ1) is 12.3. The average Bonchev–Trinajstić information content (AvgIpc) is 3.25. The number of carbonyl (C=O) groups is 1. The summed E-state index contributed by atoms with van der Waals surface area (Å²) in [7, 11) is 0. The number of hydrogen-bond donors (Lipinski definition) is 1. The molecule has 0 fully saturated rings. The summed E-state index contributed by atoms with van der Waals surface area (Å²) in [5.74, 6) is 0.205. The van der Waals surface area contributed by atoms with Crippen LogP contribution in [0, 0.1) is 0 Å². The quantitative estimate of drug-likeness (QED) is 0.645. The van der Waals surface area contributed by atoms with Crippen LogP contribution < -0.4 is 5.32 Å². The van der Waals surface area contributed by atoms with Gasteiger partial charge in [-0.3, -0.25) is 9.79 Å². The fourth-order valence-electron chi connectivity index (χ4n) is 2.56. The molecule has 1 aromatic carbocycles. The van der Waals surface area contributed by atoms with Crippen molar-refractivity contribution in [3.8, 4) is 0 Å². The molecule has 0 radical (unpaired) electrons. The highest BCUT2D eigenvalue weighted by molar-refractivity contribution is 8.16. The molecule has 0 saturated heterocycles. The molecule has 1 N–H and O–H groups in total. The van der Waals surface area contributed by atoms with E-state index in [2.05, 4.69) is 30.6 Å². The Morgan fingerprint density at radius 2 is 2.04 bits per heavy atom. The van der Waals surface area contributed by atoms with Crippen LogP contribution in [0.2, 0.25) is 0 Å². The number of nitrogens with one attached hydrogen (secondary N) is 1. The van der Waals surface area contributed by atoms with E-state index in [1.165, 1.54) is 17.5 Å². The molecule has 0 saturated carbocycles. The van der Waals surface area contributed by atoms with Crippen molar-refractivity contribution in [2.75, 3.05) is 24.2 Å². The van der Waals surface area contributed by atoms with Gasteiger partial charge in [-0.15, -0.1) is 0 Å². The minimum Gasteiger partial charge on any atom is -0.325 e. The molecule has 3 heterocycles. The highest BCUT2D eigenvalue weighted by Crippen LogP contribution is 2.35. The molecule has 2 aromatic rings. The Balaban J connectivity index is 1.34. The van der Waals surface area contributed by atoms with Gasteiger partial charge in [0.25, 0.3) is 0 Å². The minimum atomic E-state index is -0.0743. The Kier molecular flexibility index (Phi) is 4.71. The van der Waals surface area contributed by atoms with Crippen molar-refractivity contribution >= 4 is 46.0 Å². The van der Waals surface area contributed by atoms with Gasteiger partial charge in [-0.2, -0.15) is 0 Å². The third-order valence-corrected chi connectivity index (χ3v) is 5.48. The maximum absolute atomic E-state index is 12.1. The molecular weight excluding hydrogens is 354 g/mol. The fourth-order valence-corrected chi connectivity index (χ4v) is 4.12. The lowest BCUT2D eigenvalue weighted by Gasteiger charge is -2.16. The number of aromatic nitrogens is 2. The number of thioether (sulfide) groups is 2. The summed E-state index contributed by atoms with van der Waals surface area (Å²) in [6.07, 6.45) is 3.33. The van der Waals surface area contributed by atoms with Crippen molar-refractivity contribution in [2.45, 2.75) is 5.16 Å². The van der Waals surface area contributed by atoms with Crippen molar-refractivity contribution in [1.82, 2.24) is 14.9 Å². The van der Waals surface area contributed by atoms with Gasteiger partial charge < -0.3 is 10.2 Å². The first kappa shape index (κ1) is 16.2. The van der Waals surface area contributed by atoms with E-state index in [9.17, 15) is 4.79 Å². The van der Waals surface area contributed by atoms with E-state index in [4.69, 9.17) is 0 Å². The van der Waals surface area contributed by atoms with Crippen LogP contribution in [0.5, 0.6) is 0 Å². The number of amides is 1. The zero-order valence-electron chi connectivity index (χ0n) is 13.3. The van der Waals surface area contributed by atoms with Crippen molar-refractivity contribution in [1.29, 1.82) is 0 Å². The molecule has 0 spiro atoms. The van der Waals surface area contributed by atoms with E-state index in [0.29, 0.717) is 5.16 Å². The largest absolute Gasteiger partial charge is 0.325 e. The summed E-state index contributed by atoms with van der Waals surface area (Å²) < 4.78 is 0. The number of hydrogen-bond acceptors (Lipinski definition) is 7. The molecule has 6 nitrogen and oxygen atoms in total. The van der Waals surface area contributed by atoms with Crippen LogP contribution in [0.25, 0.3) is 5.70 Å². The van der Waals surface area contributed by atoms with Gasteiger partial charge in [0.15, 0.2) is 10.3 Å². The standard InChI is InChI=1S/C17H15N5OS2/c23-15(11-24-16-18-6-1-7-19-16)21-13-4-2-12(3-5-13)14-10-25-17-20-8-9-22(14)17/h1-7,10H,8-9,11H2,(H,21,23). The number of benzene rings is 1. The van der Waals surface area contributed by atoms with Gasteiger partial charge in [0.1, 0.15) is 0 Å². The molecule has 25 heavy (non-hydrogen) atoms. The number of anilines is 1. The van der Waals surface area contributed by atoms with Crippen LogP contribution in [0.3, 0.4) is 0 Å². The molecule has 8 heteroatoms. The lowest BCUT2D eigenvalue weighted by Crippen LogP contribution is -2.19. The van der Waals surface area contributed by atoms with Crippen LogP contribution >= 0.6 is 23.5 Å². The van der Waals surface area contributed by atoms with Gasteiger partial charge in [0, 0.05) is 30.0 Å². The van der Waals surface area contributed by atoms with Gasteiger partial charge in [0.05, 0.1) is 18.0 Å². The van der Waals surface area contributed by atoms with Crippen molar-refractivity contribution in [2.24, 2.45) is 4.99 Å². The van der Waals surface area contributed by atoms with Crippen LogP contribution in [0.4, 0.5) is 5.69 Å². The number of amidine groups is 1. The van der Waals surface area contributed by atoms with Gasteiger partial charge in [0.2, 0.25) is 5.91 Å². The second-order valence-electron chi connectivity index (χ2n) is 5.38. The van der Waals surface area contributed by atoms with Crippen molar-refractivity contribution in [3.05, 3.63) is 53.7 Å². The topological polar surface area (TPSA) is 70.5 Å². The Labute approximate surface area is 153 Å². The maximum Gasteiger partial charge on any atom is 0.234 e. The lowest BCUT2D eigenvalue weighted by atomic mass is 10.1. The normalized spacial score (nSPS) is 15.6. The third kappa shape index (κ3) is 3.69. The Bertz CT molecular complexity index is 836. The third-order valence-electron chi connectivity index (χ3n) is 3.71. The van der Waals surface area contributed by atoms with E-state index in [1.54, 1.807) is 30.2 Å². The van der Waals surface area contributed by atoms with E-state index in [0.717, 1.165) is 29.5 Å². The highest BCUT2D eigenvalue weighted by Gasteiger charge is 2.26. The number of aliphatic imine (C=N–C) groups is 1. The smallest absolute Gasteiger partial charge is 0.234 e. The zero-order chi connectivity index (χ0) is 17.1. The zero-order valence-corrected chi connectivity index (χ0v) is 14.9. The number of nitrogens with zero attached hydrogens (tertiary/aromatic N) is 4. The van der Waals surface area contributed by atoms with Crippen molar-refractivity contribution < 1.29 is 4.79 Å². The molecule has 126 valence electrons. The first-order valence-electron chi connectivity index (χ1n) is 7.78. The van der Waals surface area contributed by atoms with Crippen LogP contribution in [0.15, 0.2) is 58.3 Å². The van der Waals surface area contributed by atoms with Gasteiger partial charge >= 0.3 is 0 Å². The van der Waals surface area contributed by atoms with E-state index >= 15 is 0 Å². The second-order valence-corrected chi connectivity index (χ2v) is 7.16. The van der Waals surface area contributed by atoms with Crippen LogP contribution in [-0.2, 0) is 4.79 Å². The van der Waals surface area contributed by atoms with Crippen LogP contribution in [-0.4, -0.2) is 44.8 Å². The van der Waals surface area contributed by atoms with E-state index < -0.39 is 0 Å². The number of rotatable bonds is 5. The summed E-state index contributed by atoms with van der Waals surface area (Å²) in [5, 5.41) is 6.70. The summed E-state index contributed by atoms with van der Waals surface area (Å²) in [5.41, 5.74) is 3.09. The minimum absolute atomic E-state index is 0.0743. The Hall–Kier alpha value is -2.32. The van der Waals surface area contributed by atoms with E-state index in [-0.39, 0.29) is 11.7 Å². The van der Waals surface area contributed by atoms with Crippen molar-refractivity contribution in [3.63, 3.8) is 0 Å². The molecule has 4 rings (SSSR count). The molecular formula is C17H15N5OS2. The van der Waals surface area contributed by atoms with Crippen LogP contribution in [0.1, 0.15) is 5.56 Å². The molecule has 0 bridgehead atoms. The molecule has 2 aliphatic heterocycles. The predicted molar refractivity (Wildman–Crippen MR) is 102 cm³/mol. The second kappa shape index (κ2) is 7.28. The molecule has 0 aliphatic carbocycles. The fraction of sp³-hybridized carbons (Fsp3) is 0.176. The summed E-state index contributed by atoms with van der Waals surface area (Å²) in [4.78, 5) is 26.9. The predicted octanol–water partition coefficient (Wildman–Crippen LogP) is 2.92. The summed E-state index contributed by atoms with van der Waals surface area (Å²) in [6, 6.07) is 9.65. The van der Waals surface area contributed by atoms with Gasteiger partial charge in [-0.05, 0) is 23.8 Å². The SMILES string of the molecule is O=C(CSc1ncccn1)Nc1ccc(C2=CSC3=NCCN23)cc1. The summed E-state index contributed by atoms with van der Waals surface area (Å²) in [6.45, 7) is 1.79. The Morgan fingerprint density at radius 3 is 2.84 bits per heavy atom. The molecule has 1 aromatic heterocycles. The number of fused-ring (bicyclic) bond motifs is 1. The first-order valence-corrected chi connectivity index (χ1v) is 9.65. The molecule has 0 unspecified atom stereocenters. The summed E-state index contributed by atoms with van der Waals surface area (Å²) >= 11 is 2.98. The van der Waals surface area contributed by atoms with Gasteiger partial charge in [-0.25, -0.2) is 9.97 Å². The highest BCUT2D eigenvalue weighted by atomic mass is 32.2. The van der Waals surface area contributed by atoms with Gasteiger partial charge in [-0.1, -0.05) is 35.7 Å². The van der Waals surface area contributed by atoms with E-state index in [1.807, 2.05) is 24.3 Å². The average molecular weight is 369 g/mol. The monoisotopic (exact) mass is 369 g/mol. The molecule has 0 atom stereocenters. The molecule has 2 aliphatic rings. The maximum atomic E-state index is 12.1.